The summed E-state index contributed by atoms with van der Waals surface area (Å²) in [6.07, 6.45) is 2.34. The number of carbonyl (C=O) groups is 1. The molecule has 10 nitrogen and oxygen atoms in total. The number of piperidine rings is 1. The number of H-pyrrole nitrogens is 3. The van der Waals surface area contributed by atoms with Gasteiger partial charge in [-0.3, -0.25) is 24.4 Å². The van der Waals surface area contributed by atoms with Crippen molar-refractivity contribution in [1.29, 1.82) is 0 Å². The van der Waals surface area contributed by atoms with Crippen LogP contribution < -0.4 is 16.1 Å². The van der Waals surface area contributed by atoms with Gasteiger partial charge in [-0.25, -0.2) is 9.86 Å². The zero-order valence-corrected chi connectivity index (χ0v) is 14.5. The molecule has 1 unspecified atom stereocenters. The number of rotatable bonds is 4. The van der Waals surface area contributed by atoms with Crippen LogP contribution in [0.15, 0.2) is 9.59 Å². The molecule has 1 aliphatic heterocycles. The Kier molecular flexibility index (Phi) is 4.38. The number of anilines is 1. The number of hydrogen-bond acceptors (Lipinski definition) is 6. The normalized spacial score (nSPS) is 18.5. The number of hydroxylamine groups is 2. The van der Waals surface area contributed by atoms with E-state index < -0.39 is 16.9 Å². The SMILES string of the molecule is CC(C)(C)ON(C=O)C1CCCN(c2nc3[nH]c(=O)[nH]c(=O)c3[nH]2)C1. The highest BCUT2D eigenvalue weighted by molar-refractivity contribution is 5.72. The van der Waals surface area contributed by atoms with E-state index in [-0.39, 0.29) is 17.2 Å². The fourth-order valence-corrected chi connectivity index (χ4v) is 2.92. The minimum Gasteiger partial charge on any atom is -0.340 e. The summed E-state index contributed by atoms with van der Waals surface area (Å²) in [5, 5.41) is 1.35. The van der Waals surface area contributed by atoms with Gasteiger partial charge in [-0.2, -0.15) is 4.98 Å². The minimum absolute atomic E-state index is 0.129. The molecule has 3 rings (SSSR count). The van der Waals surface area contributed by atoms with Crippen molar-refractivity contribution < 1.29 is 9.63 Å². The monoisotopic (exact) mass is 350 g/mol. The third-order valence-electron chi connectivity index (χ3n) is 3.92. The number of amides is 1. The Morgan fingerprint density at radius 3 is 2.72 bits per heavy atom. The standard InChI is InChI=1S/C15H22N6O4/c1-15(2,3)25-21(8-22)9-5-4-6-20(7-9)13-16-10-11(17-13)18-14(24)19-12(10)23/h8-9H,4-7H2,1-3H3,(H3,16,17,18,19,23,24). The van der Waals surface area contributed by atoms with E-state index in [9.17, 15) is 14.4 Å². The first-order valence-electron chi connectivity index (χ1n) is 8.17. The molecular weight excluding hydrogens is 328 g/mol. The number of hydrogen-bond donors (Lipinski definition) is 3. The Morgan fingerprint density at radius 2 is 2.04 bits per heavy atom. The molecule has 1 saturated heterocycles. The van der Waals surface area contributed by atoms with E-state index in [1.54, 1.807) is 0 Å². The lowest BCUT2D eigenvalue weighted by Crippen LogP contribution is -2.50. The highest BCUT2D eigenvalue weighted by Crippen LogP contribution is 2.22. The van der Waals surface area contributed by atoms with Crippen molar-refractivity contribution in [3.63, 3.8) is 0 Å². The number of aromatic amines is 3. The van der Waals surface area contributed by atoms with Gasteiger partial charge in [0.15, 0.2) is 11.2 Å². The zero-order chi connectivity index (χ0) is 18.2. The van der Waals surface area contributed by atoms with Crippen molar-refractivity contribution >= 4 is 23.5 Å². The highest BCUT2D eigenvalue weighted by Gasteiger charge is 2.29. The maximum atomic E-state index is 11.8. The van der Waals surface area contributed by atoms with Crippen LogP contribution in [0.5, 0.6) is 0 Å². The quantitative estimate of drug-likeness (QED) is 0.530. The zero-order valence-electron chi connectivity index (χ0n) is 14.5. The van der Waals surface area contributed by atoms with Crippen LogP contribution in [0.2, 0.25) is 0 Å². The van der Waals surface area contributed by atoms with E-state index in [1.807, 2.05) is 25.7 Å². The number of imidazole rings is 1. The Bertz CT molecular complexity index is 876. The summed E-state index contributed by atoms with van der Waals surface area (Å²) < 4.78 is 0. The molecule has 0 spiro atoms. The lowest BCUT2D eigenvalue weighted by molar-refractivity contribution is -0.232. The smallest absolute Gasteiger partial charge is 0.327 e. The fourth-order valence-electron chi connectivity index (χ4n) is 2.92. The van der Waals surface area contributed by atoms with Crippen LogP contribution in [0.3, 0.4) is 0 Å². The second kappa shape index (κ2) is 6.36. The molecule has 2 aromatic heterocycles. The van der Waals surface area contributed by atoms with Crippen molar-refractivity contribution in [2.24, 2.45) is 0 Å². The molecule has 0 aromatic carbocycles. The van der Waals surface area contributed by atoms with Gasteiger partial charge in [0, 0.05) is 13.1 Å². The van der Waals surface area contributed by atoms with Crippen LogP contribution in [0.4, 0.5) is 5.95 Å². The lowest BCUT2D eigenvalue weighted by Gasteiger charge is -2.39. The summed E-state index contributed by atoms with van der Waals surface area (Å²) in [6.45, 7) is 6.88. The van der Waals surface area contributed by atoms with E-state index in [0.717, 1.165) is 19.4 Å². The first kappa shape index (κ1) is 17.2. The molecule has 0 saturated carbocycles. The first-order chi connectivity index (χ1) is 11.8. The average Bonchev–Trinajstić information content (AvgIpc) is 2.96. The molecule has 0 aliphatic carbocycles. The number of nitrogens with one attached hydrogen (secondary N) is 3. The molecule has 3 N–H and O–H groups in total. The Labute approximate surface area is 143 Å². The van der Waals surface area contributed by atoms with Gasteiger partial charge in [0.2, 0.25) is 12.4 Å². The van der Waals surface area contributed by atoms with Crippen molar-refractivity contribution in [2.75, 3.05) is 18.0 Å². The molecule has 1 aliphatic rings. The topological polar surface area (TPSA) is 127 Å². The molecular formula is C15H22N6O4. The van der Waals surface area contributed by atoms with Gasteiger partial charge < -0.3 is 9.88 Å². The maximum Gasteiger partial charge on any atom is 0.327 e. The van der Waals surface area contributed by atoms with Crippen LogP contribution in [-0.4, -0.2) is 56.1 Å². The Balaban J connectivity index is 1.84. The van der Waals surface area contributed by atoms with E-state index in [0.29, 0.717) is 18.9 Å². The summed E-state index contributed by atoms with van der Waals surface area (Å²) in [6, 6.07) is -0.129. The summed E-state index contributed by atoms with van der Waals surface area (Å²) in [4.78, 5) is 54.2. The second-order valence-electron chi connectivity index (χ2n) is 7.10. The predicted molar refractivity (Wildman–Crippen MR) is 91.3 cm³/mol. The lowest BCUT2D eigenvalue weighted by atomic mass is 10.1. The molecule has 1 fully saturated rings. The number of fused-ring (bicyclic) bond motifs is 1. The van der Waals surface area contributed by atoms with Gasteiger partial charge in [-0.05, 0) is 33.6 Å². The summed E-state index contributed by atoms with van der Waals surface area (Å²) in [7, 11) is 0. The molecule has 10 heteroatoms. The van der Waals surface area contributed by atoms with Gasteiger partial charge in [-0.15, -0.1) is 0 Å². The molecule has 25 heavy (non-hydrogen) atoms. The molecule has 136 valence electrons. The van der Waals surface area contributed by atoms with E-state index in [1.165, 1.54) is 5.06 Å². The number of aromatic nitrogens is 4. The minimum atomic E-state index is -0.599. The largest absolute Gasteiger partial charge is 0.340 e. The highest BCUT2D eigenvalue weighted by atomic mass is 16.7. The van der Waals surface area contributed by atoms with Crippen molar-refractivity contribution in [1.82, 2.24) is 25.0 Å². The Morgan fingerprint density at radius 1 is 1.28 bits per heavy atom. The molecule has 3 heterocycles. The van der Waals surface area contributed by atoms with Gasteiger partial charge in [-0.1, -0.05) is 0 Å². The van der Waals surface area contributed by atoms with Crippen molar-refractivity contribution in [3.05, 3.63) is 20.8 Å². The predicted octanol–water partition coefficient (Wildman–Crippen LogP) is 0.0968. The average molecular weight is 350 g/mol. The molecule has 1 amide bonds. The van der Waals surface area contributed by atoms with E-state index >= 15 is 0 Å². The van der Waals surface area contributed by atoms with Crippen LogP contribution in [0.1, 0.15) is 33.6 Å². The number of nitrogens with zero attached hydrogens (tertiary/aromatic N) is 3. The summed E-state index contributed by atoms with van der Waals surface area (Å²) in [5.41, 5.74) is -1.16. The molecule has 0 radical (unpaired) electrons. The summed E-state index contributed by atoms with van der Waals surface area (Å²) in [5.74, 6) is 0.480. The fraction of sp³-hybridized carbons (Fsp3) is 0.600. The van der Waals surface area contributed by atoms with Crippen LogP contribution in [0, 0.1) is 0 Å². The van der Waals surface area contributed by atoms with Crippen molar-refractivity contribution in [2.45, 2.75) is 45.3 Å². The molecule has 0 bridgehead atoms. The van der Waals surface area contributed by atoms with Crippen molar-refractivity contribution in [3.8, 4) is 0 Å². The molecule has 1 atom stereocenters. The van der Waals surface area contributed by atoms with Gasteiger partial charge in [0.25, 0.3) is 5.56 Å². The maximum absolute atomic E-state index is 11.8. The van der Waals surface area contributed by atoms with Gasteiger partial charge in [0.1, 0.15) is 0 Å². The van der Waals surface area contributed by atoms with Gasteiger partial charge >= 0.3 is 5.69 Å². The van der Waals surface area contributed by atoms with Crippen LogP contribution in [-0.2, 0) is 9.63 Å². The summed E-state index contributed by atoms with van der Waals surface area (Å²) >= 11 is 0. The third kappa shape index (κ3) is 3.73. The van der Waals surface area contributed by atoms with Gasteiger partial charge in [0.05, 0.1) is 11.6 Å². The Hall–Kier alpha value is -2.62. The van der Waals surface area contributed by atoms with Crippen LogP contribution >= 0.6 is 0 Å². The second-order valence-corrected chi connectivity index (χ2v) is 7.10. The van der Waals surface area contributed by atoms with E-state index in [2.05, 4.69) is 19.9 Å². The first-order valence-corrected chi connectivity index (χ1v) is 8.17. The third-order valence-corrected chi connectivity index (χ3v) is 3.92. The molecule has 2 aromatic rings. The van der Waals surface area contributed by atoms with Crippen LogP contribution in [0.25, 0.3) is 11.2 Å². The van der Waals surface area contributed by atoms with E-state index in [4.69, 9.17) is 4.84 Å². The number of carbonyl (C=O) groups excluding carboxylic acids is 1.